The highest BCUT2D eigenvalue weighted by molar-refractivity contribution is 7.47. The standard InChI is InChI=1S/C95H186O17P2/c1-7-10-12-14-16-18-20-22-24-26-28-30-32-34-36-38-43-47-53-59-65-71-77-92(97)105-83-90(111-94(99)79-73-67-61-54-48-44-39-37-35-33-31-29-27-25-23-21-19-17-15-13-11-8-2)85-109-113(101,102)107-81-89(96)82-108-114(103,104)110-86-91(84-106-93(98)78-72-66-60-56-50-51-57-63-69-75-87(4)5)112-95(100)80-74-68-62-55-49-45-41-40-42-46-52-58-64-70-76-88(6)9-3/h87-91,96H,7-86H2,1-6H3,(H,101,102)(H,103,104)/t88?,89-,90-,91-/m1/s1. The minimum Gasteiger partial charge on any atom is -0.462 e. The van der Waals surface area contributed by atoms with Gasteiger partial charge in [0.1, 0.15) is 19.3 Å². The first kappa shape index (κ1) is 112. The normalized spacial score (nSPS) is 13.9. The van der Waals surface area contributed by atoms with E-state index < -0.39 is 97.5 Å². The summed E-state index contributed by atoms with van der Waals surface area (Å²) >= 11 is 0. The fourth-order valence-corrected chi connectivity index (χ4v) is 16.6. The van der Waals surface area contributed by atoms with Crippen LogP contribution in [0.5, 0.6) is 0 Å². The molecule has 0 aliphatic heterocycles. The summed E-state index contributed by atoms with van der Waals surface area (Å²) in [5.74, 6) is -0.504. The monoisotopic (exact) mass is 1660 g/mol. The molecule has 6 atom stereocenters. The topological polar surface area (TPSA) is 237 Å². The van der Waals surface area contributed by atoms with Crippen molar-refractivity contribution < 1.29 is 80.2 Å². The Bertz CT molecular complexity index is 2170. The van der Waals surface area contributed by atoms with Crippen molar-refractivity contribution in [1.82, 2.24) is 0 Å². The molecule has 0 amide bonds. The largest absolute Gasteiger partial charge is 0.472 e. The molecule has 0 aromatic rings. The Morgan fingerprint density at radius 1 is 0.254 bits per heavy atom. The maximum Gasteiger partial charge on any atom is 0.472 e. The van der Waals surface area contributed by atoms with Gasteiger partial charge < -0.3 is 33.8 Å². The molecular formula is C95H186O17P2. The summed E-state index contributed by atoms with van der Waals surface area (Å²) < 4.78 is 69.2. The SMILES string of the molecule is CCCCCCCCCCCCCCCCCCCCCCCCC(=O)OC[C@H](COP(=O)(O)OC[C@@H](O)COP(=O)(O)OC[C@@H](COC(=O)CCCCCCCCCCCC(C)C)OC(=O)CCCCCCCCCCCCCCCCC(C)CC)OC(=O)CCCCCCCCCCCCCCCCCCCCCCCC. The molecule has 17 nitrogen and oxygen atoms in total. The van der Waals surface area contributed by atoms with Gasteiger partial charge in [-0.1, -0.05) is 465 Å². The Kier molecular flexibility index (Phi) is 84.6. The van der Waals surface area contributed by atoms with Crippen LogP contribution in [0.4, 0.5) is 0 Å². The van der Waals surface area contributed by atoms with Gasteiger partial charge in [-0.3, -0.25) is 37.3 Å². The highest BCUT2D eigenvalue weighted by atomic mass is 31.2. The smallest absolute Gasteiger partial charge is 0.462 e. The van der Waals surface area contributed by atoms with E-state index in [-0.39, 0.29) is 25.7 Å². The van der Waals surface area contributed by atoms with Crippen molar-refractivity contribution in [2.45, 2.75) is 535 Å². The van der Waals surface area contributed by atoms with Gasteiger partial charge in [0.2, 0.25) is 0 Å². The first-order valence-electron chi connectivity index (χ1n) is 49.0. The molecule has 0 radical (unpaired) electrons. The van der Waals surface area contributed by atoms with E-state index in [1.165, 1.54) is 334 Å². The Labute approximate surface area is 702 Å². The van der Waals surface area contributed by atoms with Crippen LogP contribution in [0.15, 0.2) is 0 Å². The van der Waals surface area contributed by atoms with Crippen molar-refractivity contribution in [1.29, 1.82) is 0 Å². The van der Waals surface area contributed by atoms with Crippen LogP contribution in [0.2, 0.25) is 0 Å². The van der Waals surface area contributed by atoms with E-state index in [0.717, 1.165) is 102 Å². The van der Waals surface area contributed by atoms with Gasteiger partial charge in [-0.15, -0.1) is 0 Å². The Hall–Kier alpha value is -1.94. The molecular weight excluding hydrogens is 1470 g/mol. The van der Waals surface area contributed by atoms with Crippen LogP contribution < -0.4 is 0 Å². The number of unbranched alkanes of at least 4 members (excludes halogenated alkanes) is 63. The van der Waals surface area contributed by atoms with Crippen LogP contribution in [0.25, 0.3) is 0 Å². The molecule has 19 heteroatoms. The molecule has 3 N–H and O–H groups in total. The summed E-state index contributed by atoms with van der Waals surface area (Å²) in [7, 11) is -9.94. The van der Waals surface area contributed by atoms with Gasteiger partial charge in [0.05, 0.1) is 26.4 Å². The number of aliphatic hydroxyl groups is 1. The Morgan fingerprint density at radius 2 is 0.447 bits per heavy atom. The number of phosphoric acid groups is 2. The predicted molar refractivity (Wildman–Crippen MR) is 474 cm³/mol. The quantitative estimate of drug-likeness (QED) is 0.0222. The summed E-state index contributed by atoms with van der Waals surface area (Å²) in [5.41, 5.74) is 0. The van der Waals surface area contributed by atoms with Crippen molar-refractivity contribution in [3.63, 3.8) is 0 Å². The van der Waals surface area contributed by atoms with Gasteiger partial charge >= 0.3 is 39.5 Å². The van der Waals surface area contributed by atoms with Gasteiger partial charge in [0, 0.05) is 25.7 Å². The number of phosphoric ester groups is 2. The molecule has 0 saturated heterocycles. The van der Waals surface area contributed by atoms with E-state index in [2.05, 4.69) is 41.5 Å². The van der Waals surface area contributed by atoms with Crippen LogP contribution in [-0.4, -0.2) is 96.7 Å². The zero-order valence-electron chi connectivity index (χ0n) is 75.4. The molecule has 0 aliphatic rings. The molecule has 0 bridgehead atoms. The first-order valence-corrected chi connectivity index (χ1v) is 52.0. The van der Waals surface area contributed by atoms with E-state index in [1.807, 2.05) is 0 Å². The molecule has 114 heavy (non-hydrogen) atoms. The van der Waals surface area contributed by atoms with Crippen LogP contribution in [0.3, 0.4) is 0 Å². The number of carbonyl (C=O) groups excluding carboxylic acids is 4. The van der Waals surface area contributed by atoms with E-state index >= 15 is 0 Å². The maximum atomic E-state index is 13.2. The van der Waals surface area contributed by atoms with Crippen LogP contribution in [0, 0.1) is 11.8 Å². The van der Waals surface area contributed by atoms with Crippen molar-refractivity contribution >= 4 is 39.5 Å². The number of esters is 4. The van der Waals surface area contributed by atoms with E-state index in [1.54, 1.807) is 0 Å². The fraction of sp³-hybridized carbons (Fsp3) is 0.958. The third-order valence-electron chi connectivity index (χ3n) is 22.8. The van der Waals surface area contributed by atoms with Gasteiger partial charge in [-0.25, -0.2) is 9.13 Å². The second-order valence-corrected chi connectivity index (χ2v) is 37.7. The molecule has 0 saturated carbocycles. The molecule has 0 spiro atoms. The first-order chi connectivity index (χ1) is 55.4. The fourth-order valence-electron chi connectivity index (χ4n) is 15.0. The lowest BCUT2D eigenvalue weighted by atomic mass is 9.99. The lowest BCUT2D eigenvalue weighted by Gasteiger charge is -2.21. The number of rotatable bonds is 94. The van der Waals surface area contributed by atoms with Gasteiger partial charge in [0.25, 0.3) is 0 Å². The average molecular weight is 1660 g/mol. The minimum atomic E-state index is -4.97. The number of ether oxygens (including phenoxy) is 4. The zero-order chi connectivity index (χ0) is 83.4. The Morgan fingerprint density at radius 3 is 0.667 bits per heavy atom. The second kappa shape index (κ2) is 86.0. The van der Waals surface area contributed by atoms with Crippen LogP contribution >= 0.6 is 15.6 Å². The highest BCUT2D eigenvalue weighted by Gasteiger charge is 2.31. The van der Waals surface area contributed by atoms with Gasteiger partial charge in [-0.05, 0) is 37.5 Å². The minimum absolute atomic E-state index is 0.108. The molecule has 0 fully saturated rings. The summed E-state index contributed by atoms with van der Waals surface area (Å²) in [6.45, 7) is 9.75. The second-order valence-electron chi connectivity index (χ2n) is 34.8. The lowest BCUT2D eigenvalue weighted by Crippen LogP contribution is -2.30. The van der Waals surface area contributed by atoms with Crippen molar-refractivity contribution in [2.24, 2.45) is 11.8 Å². The molecule has 0 aliphatic carbocycles. The molecule has 0 aromatic carbocycles. The highest BCUT2D eigenvalue weighted by Crippen LogP contribution is 2.45. The van der Waals surface area contributed by atoms with Gasteiger partial charge in [-0.2, -0.15) is 0 Å². The maximum absolute atomic E-state index is 13.2. The van der Waals surface area contributed by atoms with Crippen molar-refractivity contribution in [2.75, 3.05) is 39.6 Å². The number of hydrogen-bond acceptors (Lipinski definition) is 15. The summed E-state index contributed by atoms with van der Waals surface area (Å²) in [6, 6.07) is 0. The van der Waals surface area contributed by atoms with Gasteiger partial charge in [0.15, 0.2) is 12.2 Å². The molecule has 0 aromatic heterocycles. The van der Waals surface area contributed by atoms with E-state index in [0.29, 0.717) is 25.7 Å². The molecule has 3 unspecified atom stereocenters. The van der Waals surface area contributed by atoms with E-state index in [4.69, 9.17) is 37.0 Å². The third-order valence-corrected chi connectivity index (χ3v) is 24.7. The predicted octanol–water partition coefficient (Wildman–Crippen LogP) is 29.7. The summed E-state index contributed by atoms with van der Waals surface area (Å²) in [4.78, 5) is 73.6. The molecule has 0 rings (SSSR count). The average Bonchev–Trinajstić information content (AvgIpc) is 0.897. The zero-order valence-corrected chi connectivity index (χ0v) is 77.2. The Balaban J connectivity index is 5.24. The lowest BCUT2D eigenvalue weighted by molar-refractivity contribution is -0.161. The van der Waals surface area contributed by atoms with Crippen LogP contribution in [-0.2, 0) is 65.4 Å². The summed E-state index contributed by atoms with van der Waals surface area (Å²) in [5, 5.41) is 10.7. The van der Waals surface area contributed by atoms with Crippen molar-refractivity contribution in [3.05, 3.63) is 0 Å². The number of carbonyl (C=O) groups is 4. The molecule has 678 valence electrons. The van der Waals surface area contributed by atoms with Crippen molar-refractivity contribution in [3.8, 4) is 0 Å². The van der Waals surface area contributed by atoms with Crippen LogP contribution in [0.1, 0.15) is 517 Å². The number of aliphatic hydroxyl groups excluding tert-OH is 1. The molecule has 0 heterocycles. The third kappa shape index (κ3) is 86.4. The number of hydrogen-bond donors (Lipinski definition) is 3. The van der Waals surface area contributed by atoms with E-state index in [9.17, 15) is 43.2 Å². The summed E-state index contributed by atoms with van der Waals surface area (Å²) in [6.07, 6.45) is 82.2.